The molecule has 0 aromatic heterocycles. The van der Waals surface area contributed by atoms with E-state index in [1.807, 2.05) is 6.07 Å². The van der Waals surface area contributed by atoms with Crippen LogP contribution in [0.25, 0.3) is 0 Å². The van der Waals surface area contributed by atoms with Crippen LogP contribution in [-0.2, 0) is 0 Å². The summed E-state index contributed by atoms with van der Waals surface area (Å²) >= 11 is 11.8. The lowest BCUT2D eigenvalue weighted by Gasteiger charge is -2.11. The van der Waals surface area contributed by atoms with Crippen molar-refractivity contribution in [1.82, 2.24) is 5.43 Å². The van der Waals surface area contributed by atoms with Gasteiger partial charge < -0.3 is 9.47 Å². The minimum absolute atomic E-state index is 0.200. The summed E-state index contributed by atoms with van der Waals surface area (Å²) in [6.45, 7) is -0.200. The first kappa shape index (κ1) is 22.3. The second kappa shape index (κ2) is 10.6. The molecule has 158 valence electrons. The van der Waals surface area contributed by atoms with Crippen LogP contribution in [0.4, 0.5) is 0 Å². The lowest BCUT2D eigenvalue weighted by molar-refractivity contribution is 0.0918. The zero-order valence-corrected chi connectivity index (χ0v) is 18.0. The highest BCUT2D eigenvalue weighted by molar-refractivity contribution is 6.42. The van der Waals surface area contributed by atoms with Gasteiger partial charge in [-0.25, -0.2) is 5.43 Å². The number of nitrogens with one attached hydrogen (secondary N) is 1. The monoisotopic (exact) mass is 456 g/mol. The number of carbonyl (C=O) groups is 2. The van der Waals surface area contributed by atoms with Crippen LogP contribution >= 0.6 is 23.2 Å². The molecule has 1 N–H and O–H groups in total. The molecule has 0 saturated heterocycles. The van der Waals surface area contributed by atoms with Gasteiger partial charge in [0.2, 0.25) is 0 Å². The number of rotatable bonds is 8. The van der Waals surface area contributed by atoms with Crippen LogP contribution in [0.2, 0.25) is 10.0 Å². The third kappa shape index (κ3) is 6.07. The molecule has 0 aliphatic rings. The third-order valence-electron chi connectivity index (χ3n) is 4.20. The zero-order chi connectivity index (χ0) is 22.2. The van der Waals surface area contributed by atoms with E-state index < -0.39 is 0 Å². The standard InChI is InChI=1S/C23H18Cl2N2O4/c1-30-22-11-15(13-26-27-23(29)16-5-3-2-4-6-16)7-10-21(22)31-14-20(28)17-8-9-18(24)19(25)12-17/h2-13H,14H2,1H3,(H,27,29)/b26-13+. The highest BCUT2D eigenvalue weighted by Gasteiger charge is 2.12. The number of hydrogen-bond donors (Lipinski definition) is 1. The van der Waals surface area contributed by atoms with E-state index in [1.54, 1.807) is 54.6 Å². The largest absolute Gasteiger partial charge is 0.493 e. The van der Waals surface area contributed by atoms with Crippen molar-refractivity contribution in [2.24, 2.45) is 5.10 Å². The molecule has 6 nitrogen and oxygen atoms in total. The molecule has 0 heterocycles. The first-order valence-corrected chi connectivity index (χ1v) is 9.91. The number of nitrogens with zero attached hydrogens (tertiary/aromatic N) is 1. The van der Waals surface area contributed by atoms with Crippen molar-refractivity contribution in [2.45, 2.75) is 0 Å². The van der Waals surface area contributed by atoms with Gasteiger partial charge in [-0.15, -0.1) is 0 Å². The second-order valence-electron chi connectivity index (χ2n) is 6.32. The second-order valence-corrected chi connectivity index (χ2v) is 7.13. The Labute approximate surface area is 189 Å². The van der Waals surface area contributed by atoms with Crippen molar-refractivity contribution in [3.63, 3.8) is 0 Å². The topological polar surface area (TPSA) is 77.0 Å². The smallest absolute Gasteiger partial charge is 0.271 e. The summed E-state index contributed by atoms with van der Waals surface area (Å²) in [7, 11) is 1.49. The Balaban J connectivity index is 1.62. The normalized spacial score (nSPS) is 10.7. The zero-order valence-electron chi connectivity index (χ0n) is 16.5. The Hall–Kier alpha value is -3.35. The Morgan fingerprint density at radius 1 is 0.935 bits per heavy atom. The van der Waals surface area contributed by atoms with Gasteiger partial charge in [-0.1, -0.05) is 41.4 Å². The molecule has 0 spiro atoms. The molecule has 0 saturated carbocycles. The van der Waals surface area contributed by atoms with Crippen LogP contribution < -0.4 is 14.9 Å². The molecule has 31 heavy (non-hydrogen) atoms. The van der Waals surface area contributed by atoms with Crippen molar-refractivity contribution >= 4 is 41.1 Å². The molecule has 3 aromatic rings. The highest BCUT2D eigenvalue weighted by atomic mass is 35.5. The van der Waals surface area contributed by atoms with Gasteiger partial charge in [-0.3, -0.25) is 9.59 Å². The Bertz CT molecular complexity index is 1120. The first-order valence-electron chi connectivity index (χ1n) is 9.15. The molecule has 0 aliphatic carbocycles. The van der Waals surface area contributed by atoms with E-state index in [9.17, 15) is 9.59 Å². The predicted octanol–water partition coefficient (Wildman–Crippen LogP) is 5.03. The van der Waals surface area contributed by atoms with Gasteiger partial charge in [0.25, 0.3) is 5.91 Å². The van der Waals surface area contributed by atoms with Crippen LogP contribution in [-0.4, -0.2) is 31.6 Å². The average Bonchev–Trinajstić information content (AvgIpc) is 2.80. The van der Waals surface area contributed by atoms with E-state index in [-0.39, 0.29) is 18.3 Å². The van der Waals surface area contributed by atoms with Crippen LogP contribution in [0.5, 0.6) is 11.5 Å². The molecular formula is C23H18Cl2N2O4. The van der Waals surface area contributed by atoms with Gasteiger partial charge >= 0.3 is 0 Å². The maximum Gasteiger partial charge on any atom is 0.271 e. The van der Waals surface area contributed by atoms with Gasteiger partial charge in [-0.05, 0) is 54.1 Å². The van der Waals surface area contributed by atoms with E-state index in [2.05, 4.69) is 10.5 Å². The van der Waals surface area contributed by atoms with Gasteiger partial charge in [0, 0.05) is 11.1 Å². The quantitative estimate of drug-likeness (QED) is 0.293. The number of benzene rings is 3. The summed E-state index contributed by atoms with van der Waals surface area (Å²) < 4.78 is 10.9. The summed E-state index contributed by atoms with van der Waals surface area (Å²) in [6.07, 6.45) is 1.48. The summed E-state index contributed by atoms with van der Waals surface area (Å²) in [5, 5.41) is 4.63. The van der Waals surface area contributed by atoms with Crippen LogP contribution in [0, 0.1) is 0 Å². The molecule has 3 rings (SSSR count). The summed E-state index contributed by atoms with van der Waals surface area (Å²) in [5.41, 5.74) is 4.04. The number of Topliss-reactive ketones (excluding diaryl/α,β-unsaturated/α-hetero) is 1. The van der Waals surface area contributed by atoms with Crippen molar-refractivity contribution in [3.8, 4) is 11.5 Å². The molecule has 0 radical (unpaired) electrons. The number of halogens is 2. The van der Waals surface area contributed by atoms with Crippen molar-refractivity contribution in [3.05, 3.63) is 93.5 Å². The fourth-order valence-electron chi connectivity index (χ4n) is 2.60. The van der Waals surface area contributed by atoms with E-state index in [0.717, 1.165) is 0 Å². The fourth-order valence-corrected chi connectivity index (χ4v) is 2.90. The van der Waals surface area contributed by atoms with Gasteiger partial charge in [0.05, 0.1) is 23.4 Å². The van der Waals surface area contributed by atoms with Crippen molar-refractivity contribution in [2.75, 3.05) is 13.7 Å². The minimum atomic E-state index is -0.315. The van der Waals surface area contributed by atoms with E-state index in [0.29, 0.717) is 38.2 Å². The first-order chi connectivity index (χ1) is 15.0. The highest BCUT2D eigenvalue weighted by Crippen LogP contribution is 2.28. The van der Waals surface area contributed by atoms with Gasteiger partial charge in [-0.2, -0.15) is 5.10 Å². The molecule has 0 atom stereocenters. The molecule has 0 unspecified atom stereocenters. The molecule has 8 heteroatoms. The number of carbonyl (C=O) groups excluding carboxylic acids is 2. The molecule has 1 amide bonds. The predicted molar refractivity (Wildman–Crippen MR) is 121 cm³/mol. The fraction of sp³-hybridized carbons (Fsp3) is 0.0870. The van der Waals surface area contributed by atoms with E-state index in [1.165, 1.54) is 19.4 Å². The summed E-state index contributed by atoms with van der Waals surface area (Å²) in [5.74, 6) is 0.237. The van der Waals surface area contributed by atoms with Gasteiger partial charge in [0.1, 0.15) is 0 Å². The number of hydrazone groups is 1. The van der Waals surface area contributed by atoms with Crippen LogP contribution in [0.15, 0.2) is 71.8 Å². The lowest BCUT2D eigenvalue weighted by atomic mass is 10.1. The van der Waals surface area contributed by atoms with Crippen LogP contribution in [0.1, 0.15) is 26.3 Å². The number of ether oxygens (including phenoxy) is 2. The Morgan fingerprint density at radius 2 is 1.71 bits per heavy atom. The molecule has 3 aromatic carbocycles. The average molecular weight is 457 g/mol. The SMILES string of the molecule is COc1cc(/C=N/NC(=O)c2ccccc2)ccc1OCC(=O)c1ccc(Cl)c(Cl)c1. The lowest BCUT2D eigenvalue weighted by Crippen LogP contribution is -2.17. The number of hydrogen-bond acceptors (Lipinski definition) is 5. The van der Waals surface area contributed by atoms with Crippen molar-refractivity contribution in [1.29, 1.82) is 0 Å². The summed E-state index contributed by atoms with van der Waals surface area (Å²) in [4.78, 5) is 24.3. The Morgan fingerprint density at radius 3 is 2.42 bits per heavy atom. The van der Waals surface area contributed by atoms with Crippen molar-refractivity contribution < 1.29 is 19.1 Å². The van der Waals surface area contributed by atoms with Crippen LogP contribution in [0.3, 0.4) is 0 Å². The number of amides is 1. The molecule has 0 aliphatic heterocycles. The summed E-state index contributed by atoms with van der Waals surface area (Å²) in [6, 6.07) is 18.5. The molecule has 0 fully saturated rings. The molecule has 0 bridgehead atoms. The third-order valence-corrected chi connectivity index (χ3v) is 4.94. The number of ketones is 1. The molecular weight excluding hydrogens is 439 g/mol. The number of methoxy groups -OCH3 is 1. The van der Waals surface area contributed by atoms with Gasteiger partial charge in [0.15, 0.2) is 23.9 Å². The van der Waals surface area contributed by atoms with E-state index in [4.69, 9.17) is 32.7 Å². The maximum atomic E-state index is 12.3. The minimum Gasteiger partial charge on any atom is -0.493 e. The maximum absolute atomic E-state index is 12.3. The Kier molecular flexibility index (Phi) is 7.65. The van der Waals surface area contributed by atoms with E-state index >= 15 is 0 Å².